The van der Waals surface area contributed by atoms with Crippen molar-refractivity contribution in [3.63, 3.8) is 0 Å². The van der Waals surface area contributed by atoms with Crippen LogP contribution >= 0.6 is 0 Å². The first-order valence-corrected chi connectivity index (χ1v) is 5.38. The Hall–Kier alpha value is -1.97. The summed E-state index contributed by atoms with van der Waals surface area (Å²) in [6, 6.07) is 5.01. The molecule has 0 heterocycles. The van der Waals surface area contributed by atoms with Crippen LogP contribution in [-0.2, 0) is 4.79 Å². The van der Waals surface area contributed by atoms with Crippen molar-refractivity contribution >= 4 is 17.5 Å². The number of benzene rings is 1. The Balaban J connectivity index is 3.19. The lowest BCUT2D eigenvalue weighted by molar-refractivity contribution is -0.385. The summed E-state index contributed by atoms with van der Waals surface area (Å²) >= 11 is 0. The van der Waals surface area contributed by atoms with Gasteiger partial charge in [-0.15, -0.1) is 0 Å². The standard InChI is InChI=1S/C13H15NO3/c1-9(2)12-7-6-11(5-4-10(3)15)8-13(12)14(16)17/h4-9H,1-3H3. The maximum absolute atomic E-state index is 10.9. The van der Waals surface area contributed by atoms with Crippen molar-refractivity contribution in [3.8, 4) is 0 Å². The highest BCUT2D eigenvalue weighted by Crippen LogP contribution is 2.27. The predicted octanol–water partition coefficient (Wildman–Crippen LogP) is 3.32. The van der Waals surface area contributed by atoms with Crippen molar-refractivity contribution in [1.29, 1.82) is 0 Å². The second kappa shape index (κ2) is 5.39. The topological polar surface area (TPSA) is 60.2 Å². The highest BCUT2D eigenvalue weighted by atomic mass is 16.6. The molecule has 1 aromatic rings. The molecular weight excluding hydrogens is 218 g/mol. The van der Waals surface area contributed by atoms with Crippen LogP contribution in [0.5, 0.6) is 0 Å². The molecule has 0 aliphatic rings. The molecule has 0 amide bonds. The fourth-order valence-electron chi connectivity index (χ4n) is 1.52. The highest BCUT2D eigenvalue weighted by molar-refractivity contribution is 5.91. The third-order valence-electron chi connectivity index (χ3n) is 2.38. The van der Waals surface area contributed by atoms with Gasteiger partial charge in [-0.05, 0) is 24.5 Å². The lowest BCUT2D eigenvalue weighted by Gasteiger charge is -2.06. The summed E-state index contributed by atoms with van der Waals surface area (Å²) in [6.07, 6.45) is 2.98. The fourth-order valence-corrected chi connectivity index (χ4v) is 1.52. The maximum atomic E-state index is 10.9. The Kier molecular flexibility index (Phi) is 4.15. The van der Waals surface area contributed by atoms with Gasteiger partial charge in [-0.25, -0.2) is 0 Å². The van der Waals surface area contributed by atoms with Crippen molar-refractivity contribution < 1.29 is 9.72 Å². The zero-order valence-electron chi connectivity index (χ0n) is 10.1. The van der Waals surface area contributed by atoms with Gasteiger partial charge in [0.2, 0.25) is 0 Å². The minimum atomic E-state index is -0.388. The predicted molar refractivity (Wildman–Crippen MR) is 66.9 cm³/mol. The number of ketones is 1. The highest BCUT2D eigenvalue weighted by Gasteiger charge is 2.16. The first kappa shape index (κ1) is 13.1. The van der Waals surface area contributed by atoms with Crippen LogP contribution < -0.4 is 0 Å². The lowest BCUT2D eigenvalue weighted by Crippen LogP contribution is -1.97. The van der Waals surface area contributed by atoms with Crippen molar-refractivity contribution in [2.45, 2.75) is 26.7 Å². The second-order valence-electron chi connectivity index (χ2n) is 4.17. The van der Waals surface area contributed by atoms with Gasteiger partial charge in [0, 0.05) is 11.6 Å². The van der Waals surface area contributed by atoms with Crippen LogP contribution in [0.3, 0.4) is 0 Å². The van der Waals surface area contributed by atoms with Gasteiger partial charge in [-0.1, -0.05) is 32.1 Å². The van der Waals surface area contributed by atoms with Crippen molar-refractivity contribution in [2.24, 2.45) is 0 Å². The molecule has 0 saturated carbocycles. The van der Waals surface area contributed by atoms with E-state index in [1.165, 1.54) is 19.1 Å². The van der Waals surface area contributed by atoms with Gasteiger partial charge in [-0.3, -0.25) is 14.9 Å². The Morgan fingerprint density at radius 1 is 1.41 bits per heavy atom. The van der Waals surface area contributed by atoms with Gasteiger partial charge in [0.25, 0.3) is 5.69 Å². The smallest absolute Gasteiger partial charge is 0.273 e. The van der Waals surface area contributed by atoms with E-state index in [2.05, 4.69) is 0 Å². The summed E-state index contributed by atoms with van der Waals surface area (Å²) in [6.45, 7) is 5.26. The average molecular weight is 233 g/mol. The molecule has 0 aromatic heterocycles. The summed E-state index contributed by atoms with van der Waals surface area (Å²) < 4.78 is 0. The normalized spacial score (nSPS) is 11.1. The number of nitro groups is 1. The van der Waals surface area contributed by atoms with E-state index in [4.69, 9.17) is 0 Å². The summed E-state index contributed by atoms with van der Waals surface area (Å²) in [4.78, 5) is 21.3. The summed E-state index contributed by atoms with van der Waals surface area (Å²) in [5.74, 6) is 0.0156. The Morgan fingerprint density at radius 3 is 2.53 bits per heavy atom. The summed E-state index contributed by atoms with van der Waals surface area (Å²) in [5.41, 5.74) is 1.47. The third kappa shape index (κ3) is 3.52. The molecule has 0 N–H and O–H groups in total. The SMILES string of the molecule is CC(=O)C=Cc1ccc(C(C)C)c([N+](=O)[O-])c1. The van der Waals surface area contributed by atoms with E-state index < -0.39 is 0 Å². The molecule has 90 valence electrons. The summed E-state index contributed by atoms with van der Waals surface area (Å²) in [5, 5.41) is 10.9. The zero-order valence-corrected chi connectivity index (χ0v) is 10.1. The van der Waals surface area contributed by atoms with E-state index in [1.807, 2.05) is 13.8 Å². The zero-order chi connectivity index (χ0) is 13.0. The molecule has 0 radical (unpaired) electrons. The summed E-state index contributed by atoms with van der Waals surface area (Å²) in [7, 11) is 0. The Bertz CT molecular complexity index is 476. The van der Waals surface area contributed by atoms with E-state index in [0.29, 0.717) is 11.1 Å². The molecular formula is C13H15NO3. The van der Waals surface area contributed by atoms with E-state index in [9.17, 15) is 14.9 Å². The minimum Gasteiger partial charge on any atom is -0.295 e. The number of allylic oxidation sites excluding steroid dienone is 1. The van der Waals surface area contributed by atoms with E-state index in [-0.39, 0.29) is 22.3 Å². The average Bonchev–Trinajstić information content (AvgIpc) is 2.25. The van der Waals surface area contributed by atoms with E-state index >= 15 is 0 Å². The van der Waals surface area contributed by atoms with Gasteiger partial charge in [0.05, 0.1) is 4.92 Å². The minimum absolute atomic E-state index is 0.0828. The fraction of sp³-hybridized carbons (Fsp3) is 0.308. The van der Waals surface area contributed by atoms with Crippen LogP contribution in [0, 0.1) is 10.1 Å². The van der Waals surface area contributed by atoms with Gasteiger partial charge in [0.15, 0.2) is 5.78 Å². The molecule has 0 saturated heterocycles. The van der Waals surface area contributed by atoms with Crippen molar-refractivity contribution in [3.05, 3.63) is 45.5 Å². The molecule has 0 unspecified atom stereocenters. The largest absolute Gasteiger partial charge is 0.295 e. The monoisotopic (exact) mass is 233 g/mol. The van der Waals surface area contributed by atoms with Gasteiger partial charge in [0.1, 0.15) is 0 Å². The molecule has 4 nitrogen and oxygen atoms in total. The molecule has 0 fully saturated rings. The van der Waals surface area contributed by atoms with Crippen LogP contribution in [0.1, 0.15) is 37.8 Å². The number of hydrogen-bond donors (Lipinski definition) is 0. The number of hydrogen-bond acceptors (Lipinski definition) is 3. The van der Waals surface area contributed by atoms with Gasteiger partial charge >= 0.3 is 0 Å². The van der Waals surface area contributed by atoms with Crippen LogP contribution in [0.25, 0.3) is 6.08 Å². The molecule has 0 spiro atoms. The maximum Gasteiger partial charge on any atom is 0.273 e. The first-order valence-electron chi connectivity index (χ1n) is 5.38. The molecule has 1 rings (SSSR count). The number of nitrogens with zero attached hydrogens (tertiary/aromatic N) is 1. The molecule has 0 atom stereocenters. The number of rotatable bonds is 4. The van der Waals surface area contributed by atoms with Crippen LogP contribution in [-0.4, -0.2) is 10.7 Å². The molecule has 1 aromatic carbocycles. The molecule has 0 bridgehead atoms. The third-order valence-corrected chi connectivity index (χ3v) is 2.38. The number of nitro benzene ring substituents is 1. The lowest BCUT2D eigenvalue weighted by atomic mass is 9.99. The molecule has 4 heteroatoms. The second-order valence-corrected chi connectivity index (χ2v) is 4.17. The van der Waals surface area contributed by atoms with Crippen LogP contribution in [0.4, 0.5) is 5.69 Å². The number of carbonyl (C=O) groups is 1. The molecule has 17 heavy (non-hydrogen) atoms. The Morgan fingerprint density at radius 2 is 2.06 bits per heavy atom. The van der Waals surface area contributed by atoms with Crippen molar-refractivity contribution in [2.75, 3.05) is 0 Å². The molecule has 0 aliphatic heterocycles. The van der Waals surface area contributed by atoms with E-state index in [1.54, 1.807) is 18.2 Å². The number of carbonyl (C=O) groups excluding carboxylic acids is 1. The Labute approximate surface area is 100 Å². The van der Waals surface area contributed by atoms with Crippen LogP contribution in [0.15, 0.2) is 24.3 Å². The van der Waals surface area contributed by atoms with Crippen molar-refractivity contribution in [1.82, 2.24) is 0 Å². The first-order chi connectivity index (χ1) is 7.91. The van der Waals surface area contributed by atoms with E-state index in [0.717, 1.165) is 0 Å². The van der Waals surface area contributed by atoms with Gasteiger partial charge < -0.3 is 0 Å². The van der Waals surface area contributed by atoms with Gasteiger partial charge in [-0.2, -0.15) is 0 Å². The molecule has 0 aliphatic carbocycles. The van der Waals surface area contributed by atoms with Crippen LogP contribution in [0.2, 0.25) is 0 Å². The quantitative estimate of drug-likeness (QED) is 0.455.